The van der Waals surface area contributed by atoms with Gasteiger partial charge in [-0.15, -0.1) is 0 Å². The molecule has 196 valence electrons. The Hall–Kier alpha value is -1.01. The minimum absolute atomic E-state index is 0.0129. The van der Waals surface area contributed by atoms with Crippen molar-refractivity contribution in [3.8, 4) is 0 Å². The summed E-state index contributed by atoms with van der Waals surface area (Å²) in [5.74, 6) is -0.0441. The fourth-order valence-electron chi connectivity index (χ4n) is 4.49. The van der Waals surface area contributed by atoms with Gasteiger partial charge in [0.1, 0.15) is 0 Å². The molecule has 35 heavy (non-hydrogen) atoms. The highest BCUT2D eigenvalue weighted by Gasteiger charge is 2.34. The Bertz CT molecular complexity index is 1020. The lowest BCUT2D eigenvalue weighted by Crippen LogP contribution is -2.42. The molecule has 1 aromatic carbocycles. The van der Waals surface area contributed by atoms with E-state index in [0.29, 0.717) is 49.4 Å². The monoisotopic (exact) mass is 547 g/mol. The van der Waals surface area contributed by atoms with Crippen LogP contribution in [0.25, 0.3) is 0 Å². The summed E-state index contributed by atoms with van der Waals surface area (Å²) in [4.78, 5) is 2.17. The predicted molar refractivity (Wildman–Crippen MR) is 139 cm³/mol. The highest BCUT2D eigenvalue weighted by atomic mass is 35.5. The highest BCUT2D eigenvalue weighted by molar-refractivity contribution is 7.89. The number of sulfonamides is 1. The zero-order chi connectivity index (χ0) is 25.4. The third kappa shape index (κ3) is 7.50. The second kappa shape index (κ2) is 13.5. The maximum Gasteiger partial charge on any atom is 0.221 e. The summed E-state index contributed by atoms with van der Waals surface area (Å²) in [5, 5.41) is 9.96. The van der Waals surface area contributed by atoms with Gasteiger partial charge in [-0.25, -0.2) is 8.42 Å². The van der Waals surface area contributed by atoms with Crippen molar-refractivity contribution in [1.29, 1.82) is 0 Å². The van der Waals surface area contributed by atoms with Gasteiger partial charge in [-0.2, -0.15) is 4.31 Å². The number of benzene rings is 1. The Morgan fingerprint density at radius 1 is 1.17 bits per heavy atom. The van der Waals surface area contributed by atoms with Gasteiger partial charge in [0.15, 0.2) is 0 Å². The quantitative estimate of drug-likeness (QED) is 0.365. The first-order valence-corrected chi connectivity index (χ1v) is 14.0. The minimum atomic E-state index is -3.71. The summed E-state index contributed by atoms with van der Waals surface area (Å²) in [5.41, 5.74) is 8.35. The Labute approximate surface area is 218 Å². The molecule has 1 aliphatic carbocycles. The van der Waals surface area contributed by atoms with Gasteiger partial charge in [0, 0.05) is 48.7 Å². The molecular formula is C24H35Cl2N3O5S. The third-order valence-electron chi connectivity index (χ3n) is 6.16. The first-order valence-electron chi connectivity index (χ1n) is 11.8. The van der Waals surface area contributed by atoms with Crippen LogP contribution in [-0.4, -0.2) is 94.2 Å². The van der Waals surface area contributed by atoms with Crippen molar-refractivity contribution in [2.75, 3.05) is 66.3 Å². The minimum Gasteiger partial charge on any atom is -0.395 e. The van der Waals surface area contributed by atoms with Crippen LogP contribution in [0.5, 0.6) is 0 Å². The Morgan fingerprint density at radius 2 is 1.91 bits per heavy atom. The zero-order valence-electron chi connectivity index (χ0n) is 20.0. The van der Waals surface area contributed by atoms with E-state index in [1.165, 1.54) is 4.31 Å². The van der Waals surface area contributed by atoms with E-state index in [-0.39, 0.29) is 32.2 Å². The molecule has 0 spiro atoms. The maximum atomic E-state index is 13.5. The first kappa shape index (κ1) is 28.6. The van der Waals surface area contributed by atoms with Gasteiger partial charge >= 0.3 is 0 Å². The van der Waals surface area contributed by atoms with Crippen molar-refractivity contribution in [1.82, 2.24) is 9.21 Å². The van der Waals surface area contributed by atoms with Gasteiger partial charge in [-0.3, -0.25) is 0 Å². The topological polar surface area (TPSA) is 105 Å². The summed E-state index contributed by atoms with van der Waals surface area (Å²) in [6, 6.07) is 3.68. The third-order valence-corrected chi connectivity index (χ3v) is 8.90. The van der Waals surface area contributed by atoms with Gasteiger partial charge < -0.3 is 25.2 Å². The molecule has 0 bridgehead atoms. The number of fused-ring (bicyclic) bond motifs is 1. The van der Waals surface area contributed by atoms with E-state index in [1.54, 1.807) is 6.07 Å². The molecule has 2 unspecified atom stereocenters. The molecule has 0 fully saturated rings. The van der Waals surface area contributed by atoms with Gasteiger partial charge in [-0.1, -0.05) is 41.4 Å². The number of nitrogens with two attached hydrogens (primary N) is 1. The standard InChI is InChI=1S/C24H35Cl2N3O5S/c1-28-16-22(21-14-19(25)15-24(26)23(21)17-28)18-3-2-4-20(13-18)35(31,32)29(6-8-30)7-10-34-12-11-33-9-5-27/h2-3,13-15,20,22,30H,4-12,16-17,27H2,1H3. The lowest BCUT2D eigenvalue weighted by Gasteiger charge is -2.35. The van der Waals surface area contributed by atoms with E-state index in [0.717, 1.165) is 23.2 Å². The average molecular weight is 549 g/mol. The van der Waals surface area contributed by atoms with Crippen LogP contribution in [0.4, 0.5) is 0 Å². The molecule has 1 aliphatic heterocycles. The average Bonchev–Trinajstić information content (AvgIpc) is 2.83. The summed E-state index contributed by atoms with van der Waals surface area (Å²) in [6.45, 7) is 3.20. The lowest BCUT2D eigenvalue weighted by atomic mass is 9.82. The Balaban J connectivity index is 1.75. The van der Waals surface area contributed by atoms with Crippen LogP contribution in [0.15, 0.2) is 35.9 Å². The smallest absolute Gasteiger partial charge is 0.221 e. The molecule has 8 nitrogen and oxygen atoms in total. The van der Waals surface area contributed by atoms with Crippen LogP contribution < -0.4 is 5.73 Å². The maximum absolute atomic E-state index is 13.5. The fraction of sp³-hybridized carbons (Fsp3) is 0.583. The van der Waals surface area contributed by atoms with Crippen molar-refractivity contribution in [3.05, 3.63) is 57.1 Å². The Morgan fingerprint density at radius 3 is 2.63 bits per heavy atom. The van der Waals surface area contributed by atoms with Crippen LogP contribution in [0.3, 0.4) is 0 Å². The Kier molecular flexibility index (Phi) is 11.0. The van der Waals surface area contributed by atoms with Gasteiger partial charge in [-0.05, 0) is 42.3 Å². The number of hydrogen-bond acceptors (Lipinski definition) is 7. The zero-order valence-corrected chi connectivity index (χ0v) is 22.4. The fourth-order valence-corrected chi connectivity index (χ4v) is 6.79. The highest BCUT2D eigenvalue weighted by Crippen LogP contribution is 2.40. The van der Waals surface area contributed by atoms with Crippen LogP contribution in [0, 0.1) is 0 Å². The van der Waals surface area contributed by atoms with E-state index in [9.17, 15) is 13.5 Å². The number of ether oxygens (including phenoxy) is 2. The van der Waals surface area contributed by atoms with Gasteiger partial charge in [0.25, 0.3) is 0 Å². The normalized spacial score (nSPS) is 20.8. The molecule has 2 atom stereocenters. The first-order chi connectivity index (χ1) is 16.8. The van der Waals surface area contributed by atoms with Crippen molar-refractivity contribution in [2.45, 2.75) is 24.1 Å². The number of rotatable bonds is 13. The van der Waals surface area contributed by atoms with Crippen molar-refractivity contribution >= 4 is 33.2 Å². The number of aliphatic hydroxyl groups is 1. The number of aliphatic hydroxyl groups excluding tert-OH is 1. The SMILES string of the molecule is CN1Cc2c(Cl)cc(Cl)cc2C(C2=CC(S(=O)(=O)N(CCO)CCOCCOCCN)CC=C2)C1. The molecule has 0 saturated carbocycles. The molecule has 0 radical (unpaired) electrons. The summed E-state index contributed by atoms with van der Waals surface area (Å²) >= 11 is 12.8. The van der Waals surface area contributed by atoms with E-state index >= 15 is 0 Å². The second-order valence-corrected chi connectivity index (χ2v) is 11.7. The van der Waals surface area contributed by atoms with E-state index in [4.69, 9.17) is 38.4 Å². The lowest BCUT2D eigenvalue weighted by molar-refractivity contribution is 0.0465. The van der Waals surface area contributed by atoms with E-state index in [2.05, 4.69) is 4.90 Å². The van der Waals surface area contributed by atoms with E-state index in [1.807, 2.05) is 31.3 Å². The number of likely N-dealkylation sites (N-methyl/N-ethyl adjacent to an activating group) is 1. The molecule has 3 rings (SSSR count). The molecule has 1 heterocycles. The summed E-state index contributed by atoms with van der Waals surface area (Å²) in [7, 11) is -1.69. The van der Waals surface area contributed by atoms with Crippen LogP contribution in [0.1, 0.15) is 23.5 Å². The molecule has 1 aromatic rings. The largest absolute Gasteiger partial charge is 0.395 e. The van der Waals surface area contributed by atoms with Gasteiger partial charge in [0.05, 0.1) is 38.3 Å². The molecule has 11 heteroatoms. The number of nitrogens with zero attached hydrogens (tertiary/aromatic N) is 2. The molecule has 2 aliphatic rings. The summed E-state index contributed by atoms with van der Waals surface area (Å²) < 4.78 is 39.1. The molecule has 3 N–H and O–H groups in total. The number of hydrogen-bond donors (Lipinski definition) is 2. The van der Waals surface area contributed by atoms with Crippen LogP contribution in [-0.2, 0) is 26.0 Å². The predicted octanol–water partition coefficient (Wildman–Crippen LogP) is 2.39. The van der Waals surface area contributed by atoms with Crippen molar-refractivity contribution in [2.24, 2.45) is 5.73 Å². The van der Waals surface area contributed by atoms with E-state index < -0.39 is 15.3 Å². The van der Waals surface area contributed by atoms with Crippen LogP contribution >= 0.6 is 23.2 Å². The second-order valence-electron chi connectivity index (χ2n) is 8.73. The number of halogens is 2. The van der Waals surface area contributed by atoms with Gasteiger partial charge in [0.2, 0.25) is 10.0 Å². The summed E-state index contributed by atoms with van der Waals surface area (Å²) in [6.07, 6.45) is 6.10. The number of allylic oxidation sites excluding steroid dienone is 2. The molecule has 0 amide bonds. The van der Waals surface area contributed by atoms with Crippen molar-refractivity contribution < 1.29 is 23.0 Å². The van der Waals surface area contributed by atoms with Crippen LogP contribution in [0.2, 0.25) is 10.0 Å². The molecule has 0 aromatic heterocycles. The molecular weight excluding hydrogens is 513 g/mol. The van der Waals surface area contributed by atoms with Crippen molar-refractivity contribution in [3.63, 3.8) is 0 Å². The molecule has 0 saturated heterocycles.